The Hall–Kier alpha value is -1.01. The van der Waals surface area contributed by atoms with Gasteiger partial charge in [-0.15, -0.1) is 0 Å². The maximum absolute atomic E-state index is 12.2. The number of hydrogen-bond acceptors (Lipinski definition) is 3. The lowest BCUT2D eigenvalue weighted by atomic mass is 10.5. The molecule has 0 radical (unpaired) electrons. The maximum atomic E-state index is 12.2. The molecule has 0 saturated heterocycles. The first-order valence-electron chi connectivity index (χ1n) is 2.63. The van der Waals surface area contributed by atoms with Gasteiger partial charge in [0.15, 0.2) is 0 Å². The van der Waals surface area contributed by atoms with Crippen molar-refractivity contribution in [3.8, 4) is 0 Å². The van der Waals surface area contributed by atoms with Gasteiger partial charge >= 0.3 is 0 Å². The van der Waals surface area contributed by atoms with Crippen LogP contribution in [0, 0.1) is 0 Å². The van der Waals surface area contributed by atoms with E-state index in [1.54, 1.807) is 0 Å². The van der Waals surface area contributed by atoms with Crippen LogP contribution in [-0.4, -0.2) is 13.0 Å². The van der Waals surface area contributed by atoms with Crippen LogP contribution in [0.3, 0.4) is 0 Å². The summed E-state index contributed by atoms with van der Waals surface area (Å²) in [6.45, 7) is 0. The molecule has 0 amide bonds. The molecule has 1 heterocycles. The van der Waals surface area contributed by atoms with E-state index in [9.17, 15) is 17.5 Å². The number of pyridine rings is 1. The third kappa shape index (κ3) is 1.95. The Balaban J connectivity index is 3.28. The summed E-state index contributed by atoms with van der Waals surface area (Å²) in [5.74, 6) is 0. The zero-order chi connectivity index (χ0) is 8.48. The SMILES string of the molecule is O=S(=O)([O-])c1ccc[n+](F)c1. The second-order valence-electron chi connectivity index (χ2n) is 1.84. The minimum absolute atomic E-state index is 0.00475. The van der Waals surface area contributed by atoms with Crippen LogP contribution in [0.25, 0.3) is 0 Å². The van der Waals surface area contributed by atoms with Crippen molar-refractivity contribution >= 4 is 10.1 Å². The van der Waals surface area contributed by atoms with E-state index in [-0.39, 0.29) is 4.79 Å². The van der Waals surface area contributed by atoms with E-state index in [1.807, 2.05) is 0 Å². The number of aromatic nitrogens is 1. The summed E-state index contributed by atoms with van der Waals surface area (Å²) >= 11 is 0. The molecule has 0 fully saturated rings. The minimum Gasteiger partial charge on any atom is -0.744 e. The average Bonchev–Trinajstić information content (AvgIpc) is 1.86. The van der Waals surface area contributed by atoms with Crippen molar-refractivity contribution in [2.45, 2.75) is 4.90 Å². The predicted octanol–water partition coefficient (Wildman–Crippen LogP) is -0.389. The highest BCUT2D eigenvalue weighted by Crippen LogP contribution is 2.02. The molecular formula is C5H4FNO3S. The molecule has 0 bridgehead atoms. The third-order valence-electron chi connectivity index (χ3n) is 1.03. The lowest BCUT2D eigenvalue weighted by Gasteiger charge is -2.01. The Morgan fingerprint density at radius 2 is 2.18 bits per heavy atom. The highest BCUT2D eigenvalue weighted by molar-refractivity contribution is 7.85. The molecule has 0 aromatic carbocycles. The number of hydrogen-bond donors (Lipinski definition) is 0. The summed E-state index contributed by atoms with van der Waals surface area (Å²) in [5.41, 5.74) is 0. The van der Waals surface area contributed by atoms with Crippen LogP contribution in [0.2, 0.25) is 0 Å². The Morgan fingerprint density at radius 3 is 2.55 bits per heavy atom. The molecule has 6 heteroatoms. The van der Waals surface area contributed by atoms with E-state index in [2.05, 4.69) is 0 Å². The molecule has 60 valence electrons. The molecule has 0 N–H and O–H groups in total. The maximum Gasteiger partial charge on any atom is 0.235 e. The number of rotatable bonds is 1. The summed E-state index contributed by atoms with van der Waals surface area (Å²) in [7, 11) is -4.54. The number of halogens is 1. The molecular weight excluding hydrogens is 173 g/mol. The van der Waals surface area contributed by atoms with Gasteiger partial charge in [-0.25, -0.2) is 8.42 Å². The fraction of sp³-hybridized carbons (Fsp3) is 0. The van der Waals surface area contributed by atoms with Crippen LogP contribution in [0.15, 0.2) is 29.4 Å². The van der Waals surface area contributed by atoms with Gasteiger partial charge in [0.05, 0.1) is 4.48 Å². The third-order valence-corrected chi connectivity index (χ3v) is 1.85. The van der Waals surface area contributed by atoms with Gasteiger partial charge in [0, 0.05) is 10.9 Å². The summed E-state index contributed by atoms with van der Waals surface area (Å²) in [4.78, 5) is -0.576. The topological polar surface area (TPSA) is 61.1 Å². The van der Waals surface area contributed by atoms with Gasteiger partial charge in [-0.2, -0.15) is 0 Å². The molecule has 0 spiro atoms. The zero-order valence-corrected chi connectivity index (χ0v) is 6.08. The Labute approximate surface area is 62.6 Å². The first kappa shape index (κ1) is 8.09. The molecule has 1 aromatic rings. The van der Waals surface area contributed by atoms with Crippen LogP contribution in [-0.2, 0) is 10.1 Å². The van der Waals surface area contributed by atoms with Gasteiger partial charge in [-0.1, -0.05) is 0 Å². The van der Waals surface area contributed by atoms with Gasteiger partial charge < -0.3 is 4.55 Å². The van der Waals surface area contributed by atoms with Crippen molar-refractivity contribution in [3.05, 3.63) is 24.5 Å². The molecule has 4 nitrogen and oxygen atoms in total. The van der Waals surface area contributed by atoms with Gasteiger partial charge in [0.25, 0.3) is 0 Å². The molecule has 1 rings (SSSR count). The van der Waals surface area contributed by atoms with Crippen molar-refractivity contribution in [2.75, 3.05) is 0 Å². The standard InChI is InChI=1S/C5H4FNO3S/c6-7-3-1-2-5(4-7)11(8,9)10/h1-4H. The Kier molecular flexibility index (Phi) is 1.88. The summed E-state index contributed by atoms with van der Waals surface area (Å²) in [5, 5.41) is 0. The van der Waals surface area contributed by atoms with Gasteiger partial charge in [-0.3, -0.25) is 0 Å². The van der Waals surface area contributed by atoms with E-state index >= 15 is 0 Å². The van der Waals surface area contributed by atoms with Gasteiger partial charge in [-0.05, 0) is 6.07 Å². The summed E-state index contributed by atoms with van der Waals surface area (Å²) in [6.07, 6.45) is 1.58. The van der Waals surface area contributed by atoms with Crippen molar-refractivity contribution in [3.63, 3.8) is 0 Å². The lowest BCUT2D eigenvalue weighted by molar-refractivity contribution is -0.845. The van der Waals surface area contributed by atoms with Crippen LogP contribution in [0.5, 0.6) is 0 Å². The summed E-state index contributed by atoms with van der Waals surface area (Å²) < 4.78 is 43.0. The lowest BCUT2D eigenvalue weighted by Crippen LogP contribution is -2.22. The molecule has 1 aromatic heterocycles. The fourth-order valence-corrected chi connectivity index (χ4v) is 1.05. The molecule has 0 unspecified atom stereocenters. The van der Waals surface area contributed by atoms with E-state index in [1.165, 1.54) is 0 Å². The Morgan fingerprint density at radius 1 is 1.55 bits per heavy atom. The Bertz CT molecular complexity index is 362. The van der Waals surface area contributed by atoms with Crippen molar-refractivity contribution in [1.29, 1.82) is 0 Å². The van der Waals surface area contributed by atoms with Crippen LogP contribution >= 0.6 is 0 Å². The minimum atomic E-state index is -4.54. The second-order valence-corrected chi connectivity index (χ2v) is 3.22. The molecule has 0 saturated carbocycles. The van der Waals surface area contributed by atoms with E-state index in [4.69, 9.17) is 0 Å². The van der Waals surface area contributed by atoms with Crippen LogP contribution in [0.1, 0.15) is 0 Å². The second kappa shape index (κ2) is 2.55. The molecule has 0 atom stereocenters. The van der Waals surface area contributed by atoms with Crippen molar-refractivity contribution in [1.82, 2.24) is 0 Å². The van der Waals surface area contributed by atoms with Crippen molar-refractivity contribution < 1.29 is 22.2 Å². The molecule has 11 heavy (non-hydrogen) atoms. The van der Waals surface area contributed by atoms with E-state index in [0.717, 1.165) is 18.3 Å². The first-order valence-corrected chi connectivity index (χ1v) is 4.04. The quantitative estimate of drug-likeness (QED) is 0.549. The predicted molar refractivity (Wildman–Crippen MR) is 31.1 cm³/mol. The average molecular weight is 177 g/mol. The van der Waals surface area contributed by atoms with Gasteiger partial charge in [0.2, 0.25) is 12.4 Å². The monoisotopic (exact) mass is 177 g/mol. The van der Waals surface area contributed by atoms with E-state index < -0.39 is 15.0 Å². The van der Waals surface area contributed by atoms with Gasteiger partial charge in [0.1, 0.15) is 15.0 Å². The van der Waals surface area contributed by atoms with Crippen molar-refractivity contribution in [2.24, 2.45) is 0 Å². The van der Waals surface area contributed by atoms with Crippen LogP contribution in [0.4, 0.5) is 4.48 Å². The normalized spacial score (nSPS) is 11.5. The fourth-order valence-electron chi connectivity index (χ4n) is 0.576. The first-order chi connectivity index (χ1) is 5.00. The highest BCUT2D eigenvalue weighted by Gasteiger charge is 2.06. The molecule has 0 aliphatic rings. The number of nitrogens with zero attached hydrogens (tertiary/aromatic N) is 1. The molecule has 0 aliphatic heterocycles. The van der Waals surface area contributed by atoms with E-state index in [0.29, 0.717) is 6.20 Å². The largest absolute Gasteiger partial charge is 0.744 e. The van der Waals surface area contributed by atoms with Crippen LogP contribution < -0.4 is 4.79 Å². The smallest absolute Gasteiger partial charge is 0.235 e. The summed E-state index contributed by atoms with van der Waals surface area (Å²) in [6, 6.07) is 2.16. The highest BCUT2D eigenvalue weighted by atomic mass is 32.2. The molecule has 0 aliphatic carbocycles. The zero-order valence-electron chi connectivity index (χ0n) is 5.27.